The van der Waals surface area contributed by atoms with Crippen LogP contribution in [0.3, 0.4) is 0 Å². The van der Waals surface area contributed by atoms with Crippen LogP contribution in [0.4, 0.5) is 5.69 Å². The minimum absolute atomic E-state index is 0.157. The van der Waals surface area contributed by atoms with Crippen molar-refractivity contribution in [3.63, 3.8) is 0 Å². The largest absolute Gasteiger partial charge is 0.490 e. The lowest BCUT2D eigenvalue weighted by Crippen LogP contribution is -2.12. The van der Waals surface area contributed by atoms with Crippen LogP contribution in [0, 0.1) is 6.92 Å². The van der Waals surface area contributed by atoms with Crippen molar-refractivity contribution in [2.75, 3.05) is 18.9 Å². The molecule has 0 saturated carbocycles. The molecule has 2 N–H and O–H groups in total. The van der Waals surface area contributed by atoms with Gasteiger partial charge in [0.1, 0.15) is 24.7 Å². The highest BCUT2D eigenvalue weighted by atomic mass is 16.5. The summed E-state index contributed by atoms with van der Waals surface area (Å²) in [6.45, 7) is 9.55. The number of ether oxygens (including phenoxy) is 2. The number of nitrogens with two attached hydrogens (primary N) is 1. The minimum atomic E-state index is 0.157. The van der Waals surface area contributed by atoms with E-state index in [2.05, 4.69) is 32.9 Å². The van der Waals surface area contributed by atoms with E-state index in [1.54, 1.807) is 0 Å². The van der Waals surface area contributed by atoms with Crippen LogP contribution in [0.15, 0.2) is 42.5 Å². The molecule has 3 nitrogen and oxygen atoms in total. The van der Waals surface area contributed by atoms with Crippen LogP contribution in [0.25, 0.3) is 0 Å². The van der Waals surface area contributed by atoms with Gasteiger partial charge in [-0.05, 0) is 47.7 Å². The van der Waals surface area contributed by atoms with Crippen LogP contribution in [-0.2, 0) is 5.41 Å². The molecule has 0 atom stereocenters. The van der Waals surface area contributed by atoms with E-state index in [9.17, 15) is 0 Å². The van der Waals surface area contributed by atoms with Gasteiger partial charge in [-0.15, -0.1) is 0 Å². The molecule has 0 fully saturated rings. The Hall–Kier alpha value is -2.16. The maximum absolute atomic E-state index is 5.91. The van der Waals surface area contributed by atoms with Gasteiger partial charge >= 0.3 is 0 Å². The van der Waals surface area contributed by atoms with Crippen molar-refractivity contribution >= 4 is 5.69 Å². The third-order valence-corrected chi connectivity index (χ3v) is 3.50. The molecule has 3 heteroatoms. The van der Waals surface area contributed by atoms with Crippen LogP contribution < -0.4 is 15.2 Å². The van der Waals surface area contributed by atoms with Gasteiger partial charge in [-0.25, -0.2) is 0 Å². The van der Waals surface area contributed by atoms with Crippen LogP contribution in [-0.4, -0.2) is 13.2 Å². The molecule has 0 amide bonds. The Morgan fingerprint density at radius 3 is 2.14 bits per heavy atom. The summed E-state index contributed by atoms with van der Waals surface area (Å²) in [5.41, 5.74) is 9.15. The number of nitrogen functional groups attached to an aromatic ring is 1. The van der Waals surface area contributed by atoms with Gasteiger partial charge in [-0.3, -0.25) is 0 Å². The minimum Gasteiger partial charge on any atom is -0.490 e. The molecule has 2 aromatic rings. The molecule has 2 aromatic carbocycles. The SMILES string of the molecule is Cc1ccc(OCCOc2ccc(C(C)(C)C)cc2)c(N)c1. The van der Waals surface area contributed by atoms with E-state index in [0.717, 1.165) is 11.3 Å². The zero-order valence-corrected chi connectivity index (χ0v) is 13.8. The quantitative estimate of drug-likeness (QED) is 0.660. The third-order valence-electron chi connectivity index (χ3n) is 3.50. The summed E-state index contributed by atoms with van der Waals surface area (Å²) in [4.78, 5) is 0. The summed E-state index contributed by atoms with van der Waals surface area (Å²) < 4.78 is 11.3. The van der Waals surface area contributed by atoms with Crippen LogP contribution in [0.1, 0.15) is 31.9 Å². The third kappa shape index (κ3) is 4.42. The van der Waals surface area contributed by atoms with Gasteiger partial charge < -0.3 is 15.2 Å². The molecule has 0 radical (unpaired) electrons. The molecule has 0 saturated heterocycles. The van der Waals surface area contributed by atoms with Gasteiger partial charge in [0, 0.05) is 0 Å². The number of anilines is 1. The fourth-order valence-electron chi connectivity index (χ4n) is 2.16. The molecule has 118 valence electrons. The zero-order chi connectivity index (χ0) is 16.2. The molecule has 0 spiro atoms. The molecule has 0 unspecified atom stereocenters. The Labute approximate surface area is 133 Å². The summed E-state index contributed by atoms with van der Waals surface area (Å²) in [5.74, 6) is 1.56. The van der Waals surface area contributed by atoms with Crippen molar-refractivity contribution < 1.29 is 9.47 Å². The first kappa shape index (κ1) is 16.2. The van der Waals surface area contributed by atoms with E-state index in [1.165, 1.54) is 5.56 Å². The molecule has 0 heterocycles. The molecule has 0 aromatic heterocycles. The molecule has 0 aliphatic rings. The maximum atomic E-state index is 5.91. The molecule has 0 aliphatic carbocycles. The lowest BCUT2D eigenvalue weighted by atomic mass is 9.87. The second-order valence-electron chi connectivity index (χ2n) is 6.51. The lowest BCUT2D eigenvalue weighted by Gasteiger charge is -2.19. The van der Waals surface area contributed by atoms with Crippen molar-refractivity contribution in [3.05, 3.63) is 53.6 Å². The van der Waals surface area contributed by atoms with E-state index in [-0.39, 0.29) is 5.41 Å². The van der Waals surface area contributed by atoms with E-state index >= 15 is 0 Å². The van der Waals surface area contributed by atoms with Crippen molar-refractivity contribution in [2.24, 2.45) is 0 Å². The van der Waals surface area contributed by atoms with Gasteiger partial charge in [-0.1, -0.05) is 39.0 Å². The first-order chi connectivity index (χ1) is 10.4. The standard InChI is InChI=1S/C19H25NO2/c1-14-5-10-18(17(20)13-14)22-12-11-21-16-8-6-15(7-9-16)19(2,3)4/h5-10,13H,11-12,20H2,1-4H3. The fourth-order valence-corrected chi connectivity index (χ4v) is 2.16. The van der Waals surface area contributed by atoms with E-state index < -0.39 is 0 Å². The smallest absolute Gasteiger partial charge is 0.142 e. The Morgan fingerprint density at radius 2 is 1.55 bits per heavy atom. The summed E-state index contributed by atoms with van der Waals surface area (Å²) >= 11 is 0. The van der Waals surface area contributed by atoms with Gasteiger partial charge in [0.25, 0.3) is 0 Å². The molecule has 2 rings (SSSR count). The number of aryl methyl sites for hydroxylation is 1. The average molecular weight is 299 g/mol. The normalized spacial score (nSPS) is 11.3. The molecule has 0 bridgehead atoms. The van der Waals surface area contributed by atoms with Gasteiger partial charge in [-0.2, -0.15) is 0 Å². The lowest BCUT2D eigenvalue weighted by molar-refractivity contribution is 0.218. The number of rotatable bonds is 5. The highest BCUT2D eigenvalue weighted by Crippen LogP contribution is 2.24. The fraction of sp³-hybridized carbons (Fsp3) is 0.368. The Balaban J connectivity index is 1.81. The summed E-state index contributed by atoms with van der Waals surface area (Å²) in [7, 11) is 0. The van der Waals surface area contributed by atoms with Crippen LogP contribution in [0.2, 0.25) is 0 Å². The Bertz CT molecular complexity index is 612. The highest BCUT2D eigenvalue weighted by molar-refractivity contribution is 5.54. The van der Waals surface area contributed by atoms with Gasteiger partial charge in [0.15, 0.2) is 0 Å². The highest BCUT2D eigenvalue weighted by Gasteiger charge is 2.12. The molecule has 0 aliphatic heterocycles. The molecular weight excluding hydrogens is 274 g/mol. The van der Waals surface area contributed by atoms with Gasteiger partial charge in [0.05, 0.1) is 5.69 Å². The van der Waals surface area contributed by atoms with Gasteiger partial charge in [0.2, 0.25) is 0 Å². The van der Waals surface area contributed by atoms with E-state index in [1.807, 2.05) is 37.3 Å². The van der Waals surface area contributed by atoms with Crippen molar-refractivity contribution in [1.82, 2.24) is 0 Å². The van der Waals surface area contributed by atoms with E-state index in [0.29, 0.717) is 24.7 Å². The predicted molar refractivity (Wildman–Crippen MR) is 91.7 cm³/mol. The second-order valence-corrected chi connectivity index (χ2v) is 6.51. The Morgan fingerprint density at radius 1 is 0.909 bits per heavy atom. The summed E-state index contributed by atoms with van der Waals surface area (Å²) in [6, 6.07) is 14.0. The predicted octanol–water partition coefficient (Wildman–Crippen LogP) is 4.33. The van der Waals surface area contributed by atoms with Crippen molar-refractivity contribution in [3.8, 4) is 11.5 Å². The second kappa shape index (κ2) is 6.73. The monoisotopic (exact) mass is 299 g/mol. The number of benzene rings is 2. The summed E-state index contributed by atoms with van der Waals surface area (Å²) in [5, 5.41) is 0. The average Bonchev–Trinajstić information content (AvgIpc) is 2.45. The number of hydrogen-bond acceptors (Lipinski definition) is 3. The molecular formula is C19H25NO2. The first-order valence-electron chi connectivity index (χ1n) is 7.58. The maximum Gasteiger partial charge on any atom is 0.142 e. The van der Waals surface area contributed by atoms with Crippen LogP contribution in [0.5, 0.6) is 11.5 Å². The molecule has 22 heavy (non-hydrogen) atoms. The Kier molecular flexibility index (Phi) is 4.96. The number of hydrogen-bond donors (Lipinski definition) is 1. The zero-order valence-electron chi connectivity index (χ0n) is 13.8. The van der Waals surface area contributed by atoms with E-state index in [4.69, 9.17) is 15.2 Å². The van der Waals surface area contributed by atoms with Crippen molar-refractivity contribution in [1.29, 1.82) is 0 Å². The topological polar surface area (TPSA) is 44.5 Å². The van der Waals surface area contributed by atoms with Crippen LogP contribution >= 0.6 is 0 Å². The van der Waals surface area contributed by atoms with Crippen molar-refractivity contribution in [2.45, 2.75) is 33.1 Å². The summed E-state index contributed by atoms with van der Waals surface area (Å²) in [6.07, 6.45) is 0. The first-order valence-corrected chi connectivity index (χ1v) is 7.58.